The van der Waals surface area contributed by atoms with Crippen molar-refractivity contribution >= 4 is 38.3 Å². The van der Waals surface area contributed by atoms with Gasteiger partial charge in [-0.3, -0.25) is 4.79 Å². The maximum absolute atomic E-state index is 13.4. The highest BCUT2D eigenvalue weighted by atomic mass is 79.9. The van der Waals surface area contributed by atoms with Crippen LogP contribution in [-0.2, 0) is 0 Å². The molecule has 3 aromatic rings. The molecule has 5 heteroatoms. The highest BCUT2D eigenvalue weighted by molar-refractivity contribution is 9.10. The average molecular weight is 347 g/mol. The number of benzene rings is 2. The predicted octanol–water partition coefficient (Wildman–Crippen LogP) is 4.19. The molecule has 0 aliphatic heterocycles. The van der Waals surface area contributed by atoms with Gasteiger partial charge in [0.15, 0.2) is 5.78 Å². The lowest BCUT2D eigenvalue weighted by Gasteiger charge is -2.06. The number of halogens is 2. The molecule has 0 radical (unpaired) electrons. The number of para-hydroxylation sites is 1. The Labute approximate surface area is 129 Å². The molecule has 106 valence electrons. The van der Waals surface area contributed by atoms with Crippen molar-refractivity contribution < 1.29 is 9.18 Å². The molecule has 0 bridgehead atoms. The van der Waals surface area contributed by atoms with Crippen LogP contribution in [-0.4, -0.2) is 10.8 Å². The summed E-state index contributed by atoms with van der Waals surface area (Å²) in [6.07, 6.45) is 0. The molecule has 0 amide bonds. The number of hydrogen-bond donors (Lipinski definition) is 2. The summed E-state index contributed by atoms with van der Waals surface area (Å²) in [6.45, 7) is 1.84. The number of fused-ring (bicyclic) bond motifs is 1. The molecule has 0 aliphatic rings. The number of aryl methyl sites for hydroxylation is 1. The van der Waals surface area contributed by atoms with Crippen LogP contribution in [0, 0.1) is 12.7 Å². The van der Waals surface area contributed by atoms with E-state index in [-0.39, 0.29) is 11.5 Å². The predicted molar refractivity (Wildman–Crippen MR) is 85.0 cm³/mol. The molecule has 3 N–H and O–H groups in total. The normalized spacial score (nSPS) is 11.0. The third-order valence-electron chi connectivity index (χ3n) is 3.45. The van der Waals surface area contributed by atoms with Crippen LogP contribution >= 0.6 is 15.9 Å². The van der Waals surface area contributed by atoms with Crippen LogP contribution in [0.15, 0.2) is 40.9 Å². The Bertz CT molecular complexity index is 870. The minimum atomic E-state index is -0.547. The molecule has 2 aromatic carbocycles. The van der Waals surface area contributed by atoms with Crippen molar-refractivity contribution in [3.05, 3.63) is 63.5 Å². The van der Waals surface area contributed by atoms with Gasteiger partial charge in [0, 0.05) is 26.6 Å². The number of nitrogens with two attached hydrogens (primary N) is 1. The van der Waals surface area contributed by atoms with Gasteiger partial charge in [-0.25, -0.2) is 4.39 Å². The van der Waals surface area contributed by atoms with Crippen LogP contribution in [0.4, 0.5) is 10.1 Å². The first-order chi connectivity index (χ1) is 9.99. The summed E-state index contributed by atoms with van der Waals surface area (Å²) in [6, 6.07) is 10.1. The van der Waals surface area contributed by atoms with Gasteiger partial charge in [-0.1, -0.05) is 18.2 Å². The number of carbonyl (C=O) groups excluding carboxylic acids is 1. The average Bonchev–Trinajstić information content (AvgIpc) is 2.78. The number of aromatic amines is 1. The summed E-state index contributed by atoms with van der Waals surface area (Å²) in [7, 11) is 0. The summed E-state index contributed by atoms with van der Waals surface area (Å²) in [4.78, 5) is 16.0. The van der Waals surface area contributed by atoms with Crippen molar-refractivity contribution in [2.24, 2.45) is 0 Å². The van der Waals surface area contributed by atoms with Crippen molar-refractivity contribution in [3.8, 4) is 0 Å². The second kappa shape index (κ2) is 5.00. The van der Waals surface area contributed by atoms with Crippen LogP contribution < -0.4 is 5.73 Å². The second-order valence-corrected chi connectivity index (χ2v) is 5.71. The van der Waals surface area contributed by atoms with E-state index < -0.39 is 5.82 Å². The van der Waals surface area contributed by atoms with Crippen molar-refractivity contribution in [2.45, 2.75) is 6.92 Å². The van der Waals surface area contributed by atoms with Gasteiger partial charge < -0.3 is 10.7 Å². The van der Waals surface area contributed by atoms with E-state index in [0.717, 1.165) is 16.6 Å². The molecule has 0 saturated carbocycles. The van der Waals surface area contributed by atoms with Crippen molar-refractivity contribution in [1.82, 2.24) is 4.98 Å². The maximum atomic E-state index is 13.4. The summed E-state index contributed by atoms with van der Waals surface area (Å²) < 4.78 is 13.8. The Morgan fingerprint density at radius 1 is 1.29 bits per heavy atom. The number of anilines is 1. The minimum absolute atomic E-state index is 0.0426. The van der Waals surface area contributed by atoms with E-state index in [0.29, 0.717) is 15.6 Å². The number of hydrogen-bond acceptors (Lipinski definition) is 2. The van der Waals surface area contributed by atoms with Gasteiger partial charge >= 0.3 is 0 Å². The Morgan fingerprint density at radius 3 is 2.76 bits per heavy atom. The smallest absolute Gasteiger partial charge is 0.196 e. The standard InChI is InChI=1S/C16H12BrFN2O/c1-8-15(9-4-2-3-5-14(9)20-8)16(21)10-6-13(19)12(18)7-11(10)17/h2-7,20H,19H2,1H3. The molecule has 21 heavy (non-hydrogen) atoms. The first-order valence-electron chi connectivity index (χ1n) is 6.35. The number of H-pyrrole nitrogens is 1. The van der Waals surface area contributed by atoms with Gasteiger partial charge in [0.05, 0.1) is 11.3 Å². The van der Waals surface area contributed by atoms with Crippen LogP contribution in [0.3, 0.4) is 0 Å². The molecule has 1 aromatic heterocycles. The molecule has 0 saturated heterocycles. The monoisotopic (exact) mass is 346 g/mol. The first-order valence-corrected chi connectivity index (χ1v) is 7.15. The van der Waals surface area contributed by atoms with E-state index in [1.807, 2.05) is 31.2 Å². The highest BCUT2D eigenvalue weighted by Crippen LogP contribution is 2.29. The largest absolute Gasteiger partial charge is 0.396 e. The fourth-order valence-electron chi connectivity index (χ4n) is 2.44. The Hall–Kier alpha value is -2.14. The number of nitrogen functional groups attached to an aromatic ring is 1. The van der Waals surface area contributed by atoms with Crippen molar-refractivity contribution in [3.63, 3.8) is 0 Å². The van der Waals surface area contributed by atoms with Gasteiger partial charge in [-0.05, 0) is 41.1 Å². The highest BCUT2D eigenvalue weighted by Gasteiger charge is 2.20. The van der Waals surface area contributed by atoms with Crippen molar-refractivity contribution in [1.29, 1.82) is 0 Å². The van der Waals surface area contributed by atoms with Gasteiger partial charge in [-0.2, -0.15) is 0 Å². The van der Waals surface area contributed by atoms with Crippen LogP contribution in [0.1, 0.15) is 21.6 Å². The second-order valence-electron chi connectivity index (χ2n) is 4.85. The van der Waals surface area contributed by atoms with E-state index in [9.17, 15) is 9.18 Å². The topological polar surface area (TPSA) is 58.9 Å². The molecule has 0 unspecified atom stereocenters. The number of ketones is 1. The lowest BCUT2D eigenvalue weighted by atomic mass is 10.00. The first kappa shape index (κ1) is 13.8. The number of rotatable bonds is 2. The lowest BCUT2D eigenvalue weighted by molar-refractivity contribution is 0.103. The molecular weight excluding hydrogens is 335 g/mol. The van der Waals surface area contributed by atoms with E-state index in [1.54, 1.807) is 0 Å². The molecule has 0 spiro atoms. The van der Waals surface area contributed by atoms with Crippen LogP contribution in [0.5, 0.6) is 0 Å². The van der Waals surface area contributed by atoms with Gasteiger partial charge in [-0.15, -0.1) is 0 Å². The zero-order chi connectivity index (χ0) is 15.1. The number of nitrogens with one attached hydrogen (secondary N) is 1. The van der Waals surface area contributed by atoms with Crippen LogP contribution in [0.25, 0.3) is 10.9 Å². The van der Waals surface area contributed by atoms with Gasteiger partial charge in [0.1, 0.15) is 5.82 Å². The van der Waals surface area contributed by atoms with E-state index in [1.165, 1.54) is 12.1 Å². The SMILES string of the molecule is Cc1[nH]c2ccccc2c1C(=O)c1cc(N)c(F)cc1Br. The molecule has 3 nitrogen and oxygen atoms in total. The summed E-state index contributed by atoms with van der Waals surface area (Å²) in [5.41, 5.74) is 8.13. The van der Waals surface area contributed by atoms with Gasteiger partial charge in [0.2, 0.25) is 0 Å². The van der Waals surface area contributed by atoms with E-state index in [2.05, 4.69) is 20.9 Å². The molecule has 1 heterocycles. The van der Waals surface area contributed by atoms with Crippen LogP contribution in [0.2, 0.25) is 0 Å². The Morgan fingerprint density at radius 2 is 2.00 bits per heavy atom. The lowest BCUT2D eigenvalue weighted by Crippen LogP contribution is -2.05. The number of carbonyl (C=O) groups is 1. The Balaban J connectivity index is 2.22. The summed E-state index contributed by atoms with van der Waals surface area (Å²) in [5, 5.41) is 0.842. The molecule has 0 atom stereocenters. The fourth-order valence-corrected chi connectivity index (χ4v) is 2.94. The molecular formula is C16H12BrFN2O. The minimum Gasteiger partial charge on any atom is -0.396 e. The zero-order valence-electron chi connectivity index (χ0n) is 11.2. The quantitative estimate of drug-likeness (QED) is 0.539. The molecule has 0 aliphatic carbocycles. The third kappa shape index (κ3) is 2.23. The molecule has 0 fully saturated rings. The fraction of sp³-hybridized carbons (Fsp3) is 0.0625. The van der Waals surface area contributed by atoms with Gasteiger partial charge in [0.25, 0.3) is 0 Å². The van der Waals surface area contributed by atoms with E-state index >= 15 is 0 Å². The zero-order valence-corrected chi connectivity index (χ0v) is 12.8. The summed E-state index contributed by atoms with van der Waals surface area (Å²) in [5.74, 6) is -0.738. The Kier molecular flexibility index (Phi) is 3.29. The number of aromatic nitrogens is 1. The summed E-state index contributed by atoms with van der Waals surface area (Å²) >= 11 is 3.23. The van der Waals surface area contributed by atoms with Crippen molar-refractivity contribution in [2.75, 3.05) is 5.73 Å². The third-order valence-corrected chi connectivity index (χ3v) is 4.11. The van der Waals surface area contributed by atoms with E-state index in [4.69, 9.17) is 5.73 Å². The maximum Gasteiger partial charge on any atom is 0.196 e. The molecule has 3 rings (SSSR count).